The van der Waals surface area contributed by atoms with Crippen molar-refractivity contribution in [3.63, 3.8) is 0 Å². The number of aryl methyl sites for hydroxylation is 1. The predicted octanol–water partition coefficient (Wildman–Crippen LogP) is 1.60. The van der Waals surface area contributed by atoms with Crippen LogP contribution in [-0.4, -0.2) is 39.1 Å². The second-order valence-electron chi connectivity index (χ2n) is 4.22. The van der Waals surface area contributed by atoms with E-state index in [1.54, 1.807) is 25.4 Å². The third-order valence-corrected chi connectivity index (χ3v) is 5.57. The summed E-state index contributed by atoms with van der Waals surface area (Å²) in [5, 5.41) is 3.23. The van der Waals surface area contributed by atoms with E-state index in [0.717, 1.165) is 0 Å². The van der Waals surface area contributed by atoms with E-state index in [1.807, 2.05) is 6.92 Å². The number of hydrogen-bond acceptors (Lipinski definition) is 4. The second-order valence-corrected chi connectivity index (χ2v) is 7.84. The van der Waals surface area contributed by atoms with Gasteiger partial charge in [-0.2, -0.15) is 0 Å². The molecule has 4 nitrogen and oxygen atoms in total. The Labute approximate surface area is 108 Å². The first kappa shape index (κ1) is 14.6. The van der Waals surface area contributed by atoms with Gasteiger partial charge < -0.3 is 5.32 Å². The number of hydrogen-bond donors (Lipinski definition) is 1. The van der Waals surface area contributed by atoms with Gasteiger partial charge in [-0.1, -0.05) is 0 Å². The molecule has 6 heteroatoms. The fourth-order valence-corrected chi connectivity index (χ4v) is 3.02. The van der Waals surface area contributed by atoms with Crippen LogP contribution in [-0.2, 0) is 10.0 Å². The van der Waals surface area contributed by atoms with Crippen molar-refractivity contribution in [3.8, 4) is 0 Å². The van der Waals surface area contributed by atoms with Crippen LogP contribution in [0.2, 0.25) is 0 Å². The quantitative estimate of drug-likeness (QED) is 0.858. The predicted molar refractivity (Wildman–Crippen MR) is 72.9 cm³/mol. The molecular formula is C11H20N2O2S2. The lowest BCUT2D eigenvalue weighted by molar-refractivity contribution is 0.513. The first-order valence-corrected chi connectivity index (χ1v) is 7.95. The van der Waals surface area contributed by atoms with Crippen molar-refractivity contribution in [2.75, 3.05) is 26.4 Å². The minimum Gasteiger partial charge on any atom is -0.308 e. The summed E-state index contributed by atoms with van der Waals surface area (Å²) < 4.78 is 24.3. The van der Waals surface area contributed by atoms with Crippen molar-refractivity contribution >= 4 is 21.4 Å². The van der Waals surface area contributed by atoms with E-state index in [-0.39, 0.29) is 11.8 Å². The maximum atomic E-state index is 11.5. The summed E-state index contributed by atoms with van der Waals surface area (Å²) in [6, 6.07) is 4.36. The zero-order chi connectivity index (χ0) is 13.1. The summed E-state index contributed by atoms with van der Waals surface area (Å²) in [7, 11) is 0.0173. The molecule has 0 aromatic carbocycles. The van der Waals surface area contributed by atoms with Crippen LogP contribution in [0.3, 0.4) is 0 Å². The van der Waals surface area contributed by atoms with E-state index in [0.29, 0.717) is 6.54 Å². The number of nitrogens with one attached hydrogen (secondary N) is 1. The highest BCUT2D eigenvalue weighted by atomic mass is 32.2. The summed E-state index contributed by atoms with van der Waals surface area (Å²) in [4.78, 5) is 2.51. The minimum absolute atomic E-state index is 0.134. The summed E-state index contributed by atoms with van der Waals surface area (Å²) in [5.74, 6) is 0.134. The van der Waals surface area contributed by atoms with E-state index in [4.69, 9.17) is 0 Å². The van der Waals surface area contributed by atoms with Crippen LogP contribution in [0.15, 0.2) is 12.1 Å². The Hall–Kier alpha value is -0.430. The van der Waals surface area contributed by atoms with Crippen LogP contribution in [0.25, 0.3) is 0 Å². The average molecular weight is 276 g/mol. The molecule has 1 atom stereocenters. The van der Waals surface area contributed by atoms with Crippen molar-refractivity contribution in [2.45, 2.75) is 19.9 Å². The lowest BCUT2D eigenvalue weighted by atomic mass is 10.3. The topological polar surface area (TPSA) is 49.4 Å². The van der Waals surface area contributed by atoms with Crippen LogP contribution in [0.5, 0.6) is 0 Å². The van der Waals surface area contributed by atoms with Gasteiger partial charge in [0, 0.05) is 36.4 Å². The van der Waals surface area contributed by atoms with Gasteiger partial charge in [0.05, 0.1) is 5.75 Å². The van der Waals surface area contributed by atoms with E-state index in [2.05, 4.69) is 24.4 Å². The fourth-order valence-electron chi connectivity index (χ4n) is 1.37. The summed E-state index contributed by atoms with van der Waals surface area (Å²) in [6.07, 6.45) is 0. The number of sulfonamides is 1. The molecule has 17 heavy (non-hydrogen) atoms. The Morgan fingerprint density at radius 3 is 2.53 bits per heavy atom. The van der Waals surface area contributed by atoms with Gasteiger partial charge >= 0.3 is 0 Å². The Morgan fingerprint density at radius 2 is 2.06 bits per heavy atom. The molecule has 0 radical (unpaired) electrons. The average Bonchev–Trinajstić information content (AvgIpc) is 2.64. The standard InChI is InChI=1S/C11H20N2O2S2/c1-9-5-6-11(16-9)10(2)12-7-8-17(14,15)13(3)4/h5-6,10,12H,7-8H2,1-4H3. The number of thiophene rings is 1. The van der Waals surface area contributed by atoms with Crippen molar-refractivity contribution in [2.24, 2.45) is 0 Å². The molecule has 0 aliphatic heterocycles. The molecule has 1 rings (SSSR count). The lowest BCUT2D eigenvalue weighted by Crippen LogP contribution is -2.32. The largest absolute Gasteiger partial charge is 0.308 e. The fraction of sp³-hybridized carbons (Fsp3) is 0.636. The Bertz CT molecular complexity index is 452. The van der Waals surface area contributed by atoms with Crippen LogP contribution in [0, 0.1) is 6.92 Å². The zero-order valence-corrected chi connectivity index (χ0v) is 12.4. The van der Waals surface area contributed by atoms with Crippen molar-refractivity contribution in [1.29, 1.82) is 0 Å². The third-order valence-electron chi connectivity index (χ3n) is 2.55. The molecule has 98 valence electrons. The molecule has 0 bridgehead atoms. The van der Waals surface area contributed by atoms with E-state index in [9.17, 15) is 8.42 Å². The van der Waals surface area contributed by atoms with Crippen molar-refractivity contribution in [3.05, 3.63) is 21.9 Å². The zero-order valence-electron chi connectivity index (χ0n) is 10.7. The van der Waals surface area contributed by atoms with E-state index in [1.165, 1.54) is 14.1 Å². The Kier molecular flexibility index (Phi) is 5.12. The van der Waals surface area contributed by atoms with Gasteiger partial charge in [-0.25, -0.2) is 12.7 Å². The summed E-state index contributed by atoms with van der Waals surface area (Å²) in [5.41, 5.74) is 0. The van der Waals surface area contributed by atoms with Crippen molar-refractivity contribution in [1.82, 2.24) is 9.62 Å². The van der Waals surface area contributed by atoms with Crippen LogP contribution < -0.4 is 5.32 Å². The maximum Gasteiger partial charge on any atom is 0.214 e. The Morgan fingerprint density at radius 1 is 1.41 bits per heavy atom. The minimum atomic E-state index is -3.10. The van der Waals surface area contributed by atoms with Gasteiger partial charge in [-0.05, 0) is 26.0 Å². The third kappa shape index (κ3) is 4.39. The molecule has 0 fully saturated rings. The van der Waals surface area contributed by atoms with Crippen LogP contribution >= 0.6 is 11.3 Å². The molecule has 1 unspecified atom stereocenters. The van der Waals surface area contributed by atoms with E-state index >= 15 is 0 Å². The summed E-state index contributed by atoms with van der Waals surface area (Å²) in [6.45, 7) is 4.59. The molecule has 1 heterocycles. The highest BCUT2D eigenvalue weighted by Crippen LogP contribution is 2.21. The lowest BCUT2D eigenvalue weighted by Gasteiger charge is -2.14. The molecule has 1 aromatic rings. The molecule has 0 amide bonds. The van der Waals surface area contributed by atoms with Gasteiger partial charge in [0.1, 0.15) is 0 Å². The maximum absolute atomic E-state index is 11.5. The molecule has 0 aliphatic carbocycles. The monoisotopic (exact) mass is 276 g/mol. The van der Waals surface area contributed by atoms with Crippen LogP contribution in [0.4, 0.5) is 0 Å². The van der Waals surface area contributed by atoms with Crippen molar-refractivity contribution < 1.29 is 8.42 Å². The van der Waals surface area contributed by atoms with E-state index < -0.39 is 10.0 Å². The first-order valence-electron chi connectivity index (χ1n) is 5.53. The number of nitrogens with zero attached hydrogens (tertiary/aromatic N) is 1. The van der Waals surface area contributed by atoms with Gasteiger partial charge in [0.2, 0.25) is 10.0 Å². The van der Waals surface area contributed by atoms with Crippen LogP contribution in [0.1, 0.15) is 22.7 Å². The molecule has 0 saturated heterocycles. The highest BCUT2D eigenvalue weighted by molar-refractivity contribution is 7.89. The normalized spacial score (nSPS) is 14.2. The van der Waals surface area contributed by atoms with Gasteiger partial charge in [-0.3, -0.25) is 0 Å². The summed E-state index contributed by atoms with van der Waals surface area (Å²) >= 11 is 1.74. The number of rotatable bonds is 6. The highest BCUT2D eigenvalue weighted by Gasteiger charge is 2.14. The first-order chi connectivity index (χ1) is 7.83. The van der Waals surface area contributed by atoms with Gasteiger partial charge in [0.25, 0.3) is 0 Å². The molecule has 1 N–H and O–H groups in total. The molecule has 0 aliphatic rings. The van der Waals surface area contributed by atoms with Gasteiger partial charge in [-0.15, -0.1) is 11.3 Å². The molecule has 0 saturated carbocycles. The molecule has 0 spiro atoms. The molecular weight excluding hydrogens is 256 g/mol. The SMILES string of the molecule is Cc1ccc(C(C)NCCS(=O)(=O)N(C)C)s1. The smallest absolute Gasteiger partial charge is 0.214 e. The molecule has 1 aromatic heterocycles. The van der Waals surface area contributed by atoms with Gasteiger partial charge in [0.15, 0.2) is 0 Å². The second kappa shape index (κ2) is 5.95. The Balaban J connectivity index is 2.42.